The van der Waals surface area contributed by atoms with Crippen molar-refractivity contribution in [3.05, 3.63) is 63.6 Å². The largest absolute Gasteiger partial charge is 0.349 e. The number of carbonyl (C=O) groups is 1. The fourth-order valence-electron chi connectivity index (χ4n) is 4.16. The van der Waals surface area contributed by atoms with Crippen molar-refractivity contribution in [1.29, 1.82) is 0 Å². The molecule has 0 spiro atoms. The molecule has 8 heteroatoms. The van der Waals surface area contributed by atoms with E-state index in [1.54, 1.807) is 34.3 Å². The topological polar surface area (TPSA) is 63.1 Å². The molecule has 1 unspecified atom stereocenters. The number of nitrogens with zero attached hydrogens (tertiary/aromatic N) is 4. The van der Waals surface area contributed by atoms with Crippen LogP contribution < -0.4 is 5.32 Å². The number of carbonyl (C=O) groups excluding carboxylic acids is 1. The average Bonchev–Trinajstić information content (AvgIpc) is 3.34. The number of nitrogens with one attached hydrogen (secondary N) is 1. The molecule has 1 N–H and O–H groups in total. The van der Waals surface area contributed by atoms with E-state index in [-0.39, 0.29) is 23.7 Å². The van der Waals surface area contributed by atoms with Gasteiger partial charge in [0.1, 0.15) is 5.82 Å². The van der Waals surface area contributed by atoms with Gasteiger partial charge >= 0.3 is 0 Å². The predicted octanol–water partition coefficient (Wildman–Crippen LogP) is 4.17. The fraction of sp³-hybridized carbons (Fsp3) is 0.435. The Hall–Kier alpha value is -2.58. The summed E-state index contributed by atoms with van der Waals surface area (Å²) < 4.78 is 15.0. The van der Waals surface area contributed by atoms with E-state index >= 15 is 0 Å². The van der Waals surface area contributed by atoms with Crippen molar-refractivity contribution in [2.75, 3.05) is 13.1 Å². The molecule has 31 heavy (non-hydrogen) atoms. The molecular formula is C23H28FN5OS. The Morgan fingerprint density at radius 1 is 1.26 bits per heavy atom. The zero-order valence-electron chi connectivity index (χ0n) is 18.1. The fourth-order valence-corrected chi connectivity index (χ4v) is 4.77. The van der Waals surface area contributed by atoms with Crippen LogP contribution in [0, 0.1) is 25.6 Å². The number of amides is 1. The lowest BCUT2D eigenvalue weighted by atomic mass is 9.95. The van der Waals surface area contributed by atoms with Gasteiger partial charge in [0.2, 0.25) is 5.91 Å². The predicted molar refractivity (Wildman–Crippen MR) is 120 cm³/mol. The molecule has 6 nitrogen and oxygen atoms in total. The van der Waals surface area contributed by atoms with Gasteiger partial charge in [0.05, 0.1) is 28.6 Å². The van der Waals surface area contributed by atoms with Crippen LogP contribution in [-0.2, 0) is 11.3 Å². The van der Waals surface area contributed by atoms with Gasteiger partial charge < -0.3 is 5.32 Å². The van der Waals surface area contributed by atoms with E-state index in [2.05, 4.69) is 25.7 Å². The Kier molecular flexibility index (Phi) is 6.48. The standard InChI is InChI=1S/C23H28FN5OS/c1-15(22-12-25-29(16(22)2)21-6-4-19(24)5-7-21)26-23(30)18-8-10-28(11-9-18)13-20-14-31-17(3)27-20/h4-7,12,14-15,18H,8-11,13H2,1-3H3,(H,26,30). The third-order valence-electron chi connectivity index (χ3n) is 5.95. The normalized spacial score (nSPS) is 16.4. The lowest BCUT2D eigenvalue weighted by molar-refractivity contribution is -0.127. The summed E-state index contributed by atoms with van der Waals surface area (Å²) in [4.78, 5) is 19.8. The van der Waals surface area contributed by atoms with Gasteiger partial charge in [-0.25, -0.2) is 14.1 Å². The summed E-state index contributed by atoms with van der Waals surface area (Å²) in [6, 6.07) is 6.09. The SMILES string of the molecule is Cc1nc(CN2CCC(C(=O)NC(C)c3cnn(-c4ccc(F)cc4)c3C)CC2)cs1. The van der Waals surface area contributed by atoms with Crippen LogP contribution in [0.3, 0.4) is 0 Å². The molecule has 4 rings (SSSR count). The van der Waals surface area contributed by atoms with Crippen LogP contribution in [0.5, 0.6) is 0 Å². The highest BCUT2D eigenvalue weighted by atomic mass is 32.1. The number of piperidine rings is 1. The average molecular weight is 442 g/mol. The number of halogens is 1. The van der Waals surface area contributed by atoms with Crippen molar-refractivity contribution in [1.82, 2.24) is 25.0 Å². The number of rotatable bonds is 6. The first-order valence-corrected chi connectivity index (χ1v) is 11.5. The molecule has 3 aromatic rings. The smallest absolute Gasteiger partial charge is 0.223 e. The number of benzene rings is 1. The highest BCUT2D eigenvalue weighted by Gasteiger charge is 2.27. The van der Waals surface area contributed by atoms with Gasteiger partial charge in [-0.15, -0.1) is 11.3 Å². The Morgan fingerprint density at radius 3 is 2.61 bits per heavy atom. The van der Waals surface area contributed by atoms with Crippen molar-refractivity contribution in [2.45, 2.75) is 46.2 Å². The van der Waals surface area contributed by atoms with Crippen LogP contribution in [0.1, 0.15) is 47.8 Å². The third-order valence-corrected chi connectivity index (χ3v) is 6.78. The van der Waals surface area contributed by atoms with Crippen LogP contribution in [0.4, 0.5) is 4.39 Å². The molecule has 164 valence electrons. The monoisotopic (exact) mass is 441 g/mol. The van der Waals surface area contributed by atoms with E-state index in [9.17, 15) is 9.18 Å². The molecule has 1 aliphatic heterocycles. The zero-order chi connectivity index (χ0) is 22.0. The lowest BCUT2D eigenvalue weighted by Gasteiger charge is -2.31. The first-order chi connectivity index (χ1) is 14.9. The summed E-state index contributed by atoms with van der Waals surface area (Å²) in [5, 5.41) is 10.8. The Balaban J connectivity index is 1.32. The van der Waals surface area contributed by atoms with Crippen LogP contribution in [0.25, 0.3) is 5.69 Å². The summed E-state index contributed by atoms with van der Waals surface area (Å²) in [6.45, 7) is 8.65. The summed E-state index contributed by atoms with van der Waals surface area (Å²) in [5.74, 6) is -0.143. The van der Waals surface area contributed by atoms with Crippen molar-refractivity contribution < 1.29 is 9.18 Å². The Morgan fingerprint density at radius 2 is 1.97 bits per heavy atom. The minimum absolute atomic E-state index is 0.0309. The van der Waals surface area contributed by atoms with Gasteiger partial charge in [-0.05, 0) is 71.0 Å². The lowest BCUT2D eigenvalue weighted by Crippen LogP contribution is -2.41. The quantitative estimate of drug-likeness (QED) is 0.624. The number of aromatic nitrogens is 3. The van der Waals surface area contributed by atoms with Gasteiger partial charge in [0, 0.05) is 29.1 Å². The van der Waals surface area contributed by atoms with Gasteiger partial charge in [-0.1, -0.05) is 0 Å². The Labute approximate surface area is 186 Å². The second kappa shape index (κ2) is 9.28. The maximum absolute atomic E-state index is 13.2. The first kappa shape index (κ1) is 21.6. The molecule has 3 heterocycles. The second-order valence-corrected chi connectivity index (χ2v) is 9.27. The zero-order valence-corrected chi connectivity index (χ0v) is 19.0. The van der Waals surface area contributed by atoms with Gasteiger partial charge in [0.15, 0.2) is 0 Å². The van der Waals surface area contributed by atoms with Crippen molar-refractivity contribution in [2.24, 2.45) is 5.92 Å². The van der Waals surface area contributed by atoms with Crippen LogP contribution in [0.2, 0.25) is 0 Å². The van der Waals surface area contributed by atoms with E-state index < -0.39 is 0 Å². The summed E-state index contributed by atoms with van der Waals surface area (Å²) in [5.41, 5.74) is 3.82. The van der Waals surface area contributed by atoms with E-state index in [1.807, 2.05) is 20.8 Å². The molecule has 1 aliphatic rings. The van der Waals surface area contributed by atoms with E-state index in [0.717, 1.165) is 60.1 Å². The summed E-state index contributed by atoms with van der Waals surface area (Å²) in [7, 11) is 0. The maximum atomic E-state index is 13.2. The van der Waals surface area contributed by atoms with Crippen LogP contribution >= 0.6 is 11.3 Å². The minimum atomic E-state index is -0.276. The molecule has 1 fully saturated rings. The molecule has 1 atom stereocenters. The van der Waals surface area contributed by atoms with Crippen LogP contribution in [0.15, 0.2) is 35.8 Å². The highest BCUT2D eigenvalue weighted by molar-refractivity contribution is 7.09. The van der Waals surface area contributed by atoms with Gasteiger partial charge in [-0.2, -0.15) is 5.10 Å². The molecule has 1 aromatic carbocycles. The molecule has 0 radical (unpaired) electrons. The second-order valence-electron chi connectivity index (χ2n) is 8.21. The molecule has 0 aliphatic carbocycles. The molecule has 0 saturated carbocycles. The summed E-state index contributed by atoms with van der Waals surface area (Å²) in [6.07, 6.45) is 3.49. The Bertz CT molecular complexity index is 1040. The molecular weight excluding hydrogens is 413 g/mol. The first-order valence-electron chi connectivity index (χ1n) is 10.6. The molecule has 0 bridgehead atoms. The van der Waals surface area contributed by atoms with E-state index in [0.29, 0.717) is 0 Å². The molecule has 2 aromatic heterocycles. The van der Waals surface area contributed by atoms with Gasteiger partial charge in [0.25, 0.3) is 0 Å². The van der Waals surface area contributed by atoms with Gasteiger partial charge in [-0.3, -0.25) is 9.69 Å². The van der Waals surface area contributed by atoms with E-state index in [1.165, 1.54) is 12.1 Å². The number of hydrogen-bond donors (Lipinski definition) is 1. The maximum Gasteiger partial charge on any atom is 0.223 e. The number of aryl methyl sites for hydroxylation is 1. The third kappa shape index (κ3) is 5.02. The molecule has 1 amide bonds. The number of hydrogen-bond acceptors (Lipinski definition) is 5. The number of likely N-dealkylation sites (tertiary alicyclic amines) is 1. The molecule has 1 saturated heterocycles. The van der Waals surface area contributed by atoms with Crippen LogP contribution in [-0.4, -0.2) is 38.7 Å². The minimum Gasteiger partial charge on any atom is -0.349 e. The highest BCUT2D eigenvalue weighted by Crippen LogP contribution is 2.24. The van der Waals surface area contributed by atoms with Crippen molar-refractivity contribution in [3.8, 4) is 5.69 Å². The number of thiazole rings is 1. The van der Waals surface area contributed by atoms with Crippen molar-refractivity contribution in [3.63, 3.8) is 0 Å². The van der Waals surface area contributed by atoms with Crippen molar-refractivity contribution >= 4 is 17.2 Å². The van der Waals surface area contributed by atoms with E-state index in [4.69, 9.17) is 0 Å². The summed E-state index contributed by atoms with van der Waals surface area (Å²) >= 11 is 1.68.